The molecule has 0 unspecified atom stereocenters. The summed E-state index contributed by atoms with van der Waals surface area (Å²) < 4.78 is 57.4. The fourth-order valence-corrected chi connectivity index (χ4v) is 1.57. The average Bonchev–Trinajstić information content (AvgIpc) is 3.06. The van der Waals surface area contributed by atoms with Gasteiger partial charge < -0.3 is 14.7 Å². The summed E-state index contributed by atoms with van der Waals surface area (Å²) in [6.07, 6.45) is 0.908. The summed E-state index contributed by atoms with van der Waals surface area (Å²) in [7, 11) is -2.57. The Hall–Kier alpha value is -1.28. The zero-order valence-electron chi connectivity index (χ0n) is 8.38. The molecule has 2 N–H and O–H groups in total. The molecule has 0 amide bonds. The summed E-state index contributed by atoms with van der Waals surface area (Å²) in [6.45, 7) is 0. The normalized spacial score (nSPS) is 14.9. The van der Waals surface area contributed by atoms with Crippen molar-refractivity contribution >= 4 is 7.32 Å². The van der Waals surface area contributed by atoms with Crippen molar-refractivity contribution in [3.63, 3.8) is 0 Å². The zero-order chi connectivity index (χ0) is 12.7. The van der Waals surface area contributed by atoms with Gasteiger partial charge in [0, 0.05) is 5.56 Å². The van der Waals surface area contributed by atoms with Crippen LogP contribution in [0, 0.1) is 23.3 Å². The molecule has 8 heteroatoms. The fourth-order valence-electron chi connectivity index (χ4n) is 1.57. The van der Waals surface area contributed by atoms with Crippen LogP contribution >= 0.6 is 0 Å². The van der Waals surface area contributed by atoms with Gasteiger partial charge in [-0.25, -0.2) is 8.78 Å². The zero-order valence-corrected chi connectivity index (χ0v) is 8.38. The monoisotopic (exact) mass is 250 g/mol. The molecule has 1 aliphatic carbocycles. The SMILES string of the molecule is OB(O)Oc1c(F)c(F)c(C2CC2)c(F)c1F. The Morgan fingerprint density at radius 3 is 1.76 bits per heavy atom. The molecule has 92 valence electrons. The lowest BCUT2D eigenvalue weighted by Crippen LogP contribution is -2.23. The Labute approximate surface area is 93.8 Å². The van der Waals surface area contributed by atoms with E-state index in [1.165, 1.54) is 0 Å². The first-order chi connectivity index (χ1) is 7.93. The summed E-state index contributed by atoms with van der Waals surface area (Å²) in [5.41, 5.74) is -0.653. The van der Waals surface area contributed by atoms with Crippen molar-refractivity contribution in [3.8, 4) is 5.75 Å². The Kier molecular flexibility index (Phi) is 3.01. The molecule has 1 aromatic carbocycles. The first-order valence-corrected chi connectivity index (χ1v) is 4.82. The van der Waals surface area contributed by atoms with E-state index in [-0.39, 0.29) is 0 Å². The lowest BCUT2D eigenvalue weighted by Gasteiger charge is -2.12. The van der Waals surface area contributed by atoms with Gasteiger partial charge in [-0.15, -0.1) is 0 Å². The molecule has 0 heterocycles. The molecule has 1 saturated carbocycles. The van der Waals surface area contributed by atoms with Crippen molar-refractivity contribution in [3.05, 3.63) is 28.8 Å². The maximum atomic E-state index is 13.4. The summed E-state index contributed by atoms with van der Waals surface area (Å²) in [4.78, 5) is 0. The maximum absolute atomic E-state index is 13.4. The maximum Gasteiger partial charge on any atom is 0.707 e. The molecular formula is C9H7BF4O3. The van der Waals surface area contributed by atoms with E-state index < -0.39 is 47.8 Å². The van der Waals surface area contributed by atoms with Crippen LogP contribution in [0.2, 0.25) is 0 Å². The van der Waals surface area contributed by atoms with E-state index in [4.69, 9.17) is 10.0 Å². The Morgan fingerprint density at radius 1 is 0.941 bits per heavy atom. The summed E-state index contributed by atoms with van der Waals surface area (Å²) >= 11 is 0. The Morgan fingerprint density at radius 2 is 1.41 bits per heavy atom. The van der Waals surface area contributed by atoms with Gasteiger partial charge in [0.05, 0.1) is 0 Å². The average molecular weight is 250 g/mol. The molecule has 3 nitrogen and oxygen atoms in total. The highest BCUT2D eigenvalue weighted by atomic mass is 19.2. The van der Waals surface area contributed by atoms with Gasteiger partial charge in [-0.2, -0.15) is 8.78 Å². The highest BCUT2D eigenvalue weighted by Gasteiger charge is 2.36. The second kappa shape index (κ2) is 4.19. The van der Waals surface area contributed by atoms with E-state index in [2.05, 4.69) is 4.65 Å². The van der Waals surface area contributed by atoms with Crippen molar-refractivity contribution in [1.82, 2.24) is 0 Å². The number of hydrogen-bond acceptors (Lipinski definition) is 3. The van der Waals surface area contributed by atoms with Crippen LogP contribution in [0.25, 0.3) is 0 Å². The van der Waals surface area contributed by atoms with E-state index in [0.29, 0.717) is 12.8 Å². The molecular weight excluding hydrogens is 243 g/mol. The van der Waals surface area contributed by atoms with E-state index in [9.17, 15) is 17.6 Å². The van der Waals surface area contributed by atoms with Gasteiger partial charge >= 0.3 is 7.32 Å². The molecule has 0 atom stereocenters. The molecule has 0 bridgehead atoms. The van der Waals surface area contributed by atoms with E-state index in [0.717, 1.165) is 0 Å². The minimum Gasteiger partial charge on any atom is -0.507 e. The minimum atomic E-state index is -2.57. The van der Waals surface area contributed by atoms with Crippen molar-refractivity contribution in [2.45, 2.75) is 18.8 Å². The lowest BCUT2D eigenvalue weighted by molar-refractivity contribution is 0.267. The van der Waals surface area contributed by atoms with E-state index in [1.54, 1.807) is 0 Å². The van der Waals surface area contributed by atoms with Gasteiger partial charge in [-0.05, 0) is 18.8 Å². The summed E-state index contributed by atoms with van der Waals surface area (Å²) in [5, 5.41) is 16.8. The van der Waals surface area contributed by atoms with Crippen LogP contribution in [-0.4, -0.2) is 17.4 Å². The van der Waals surface area contributed by atoms with E-state index in [1.807, 2.05) is 0 Å². The summed E-state index contributed by atoms with van der Waals surface area (Å²) in [5.74, 6) is -8.65. The largest absolute Gasteiger partial charge is 0.707 e. The smallest absolute Gasteiger partial charge is 0.507 e. The highest BCUT2D eigenvalue weighted by Crippen LogP contribution is 2.45. The molecule has 17 heavy (non-hydrogen) atoms. The lowest BCUT2D eigenvalue weighted by atomic mass is 10.1. The Bertz CT molecular complexity index is 433. The first kappa shape index (κ1) is 12.2. The molecule has 0 aliphatic heterocycles. The molecule has 1 fully saturated rings. The van der Waals surface area contributed by atoms with Gasteiger partial charge in [0.1, 0.15) is 0 Å². The third kappa shape index (κ3) is 2.10. The number of halogens is 4. The second-order valence-corrected chi connectivity index (χ2v) is 3.72. The van der Waals surface area contributed by atoms with Gasteiger partial charge in [0.25, 0.3) is 0 Å². The van der Waals surface area contributed by atoms with Crippen molar-refractivity contribution < 1.29 is 32.3 Å². The first-order valence-electron chi connectivity index (χ1n) is 4.82. The number of rotatable bonds is 3. The predicted octanol–water partition coefficient (Wildman–Crippen LogP) is 1.47. The van der Waals surface area contributed by atoms with Gasteiger partial charge in [-0.3, -0.25) is 0 Å². The standard InChI is InChI=1S/C9H7BF4O3/c11-5-4(3-1-2-3)6(12)8(14)9(7(5)13)17-10(15)16/h3,15-16H,1-2H2. The topological polar surface area (TPSA) is 49.7 Å². The van der Waals surface area contributed by atoms with Crippen LogP contribution in [-0.2, 0) is 0 Å². The molecule has 0 spiro atoms. The van der Waals surface area contributed by atoms with Crippen LogP contribution in [0.1, 0.15) is 24.3 Å². The molecule has 1 aromatic rings. The van der Waals surface area contributed by atoms with Crippen molar-refractivity contribution in [1.29, 1.82) is 0 Å². The van der Waals surface area contributed by atoms with Crippen LogP contribution in [0.5, 0.6) is 5.75 Å². The highest BCUT2D eigenvalue weighted by molar-refractivity contribution is 6.33. The number of hydrogen-bond donors (Lipinski definition) is 2. The third-order valence-corrected chi connectivity index (χ3v) is 2.47. The van der Waals surface area contributed by atoms with Gasteiger partial charge in [-0.1, -0.05) is 0 Å². The molecule has 0 radical (unpaired) electrons. The second-order valence-electron chi connectivity index (χ2n) is 3.72. The minimum absolute atomic E-state index is 0.454. The van der Waals surface area contributed by atoms with Crippen LogP contribution in [0.3, 0.4) is 0 Å². The van der Waals surface area contributed by atoms with Gasteiger partial charge in [0.15, 0.2) is 17.4 Å². The van der Waals surface area contributed by atoms with Gasteiger partial charge in [0.2, 0.25) is 11.6 Å². The van der Waals surface area contributed by atoms with Crippen LogP contribution in [0.4, 0.5) is 17.6 Å². The number of benzene rings is 1. The van der Waals surface area contributed by atoms with Crippen LogP contribution < -0.4 is 4.65 Å². The van der Waals surface area contributed by atoms with Crippen molar-refractivity contribution in [2.24, 2.45) is 0 Å². The fraction of sp³-hybridized carbons (Fsp3) is 0.333. The summed E-state index contributed by atoms with van der Waals surface area (Å²) in [6, 6.07) is 0. The molecule has 1 aliphatic rings. The third-order valence-electron chi connectivity index (χ3n) is 2.47. The van der Waals surface area contributed by atoms with E-state index >= 15 is 0 Å². The predicted molar refractivity (Wildman–Crippen MR) is 49.1 cm³/mol. The molecule has 0 saturated heterocycles. The van der Waals surface area contributed by atoms with Crippen molar-refractivity contribution in [2.75, 3.05) is 0 Å². The quantitative estimate of drug-likeness (QED) is 0.485. The Balaban J connectivity index is 2.55. The molecule has 2 rings (SSSR count). The van der Waals surface area contributed by atoms with Crippen LogP contribution in [0.15, 0.2) is 0 Å². The molecule has 0 aromatic heterocycles.